The van der Waals surface area contributed by atoms with Gasteiger partial charge in [-0.3, -0.25) is 0 Å². The molecule has 0 aliphatic carbocycles. The van der Waals surface area contributed by atoms with Gasteiger partial charge in [-0.05, 0) is 39.0 Å². The molecule has 0 amide bonds. The van der Waals surface area contributed by atoms with E-state index in [9.17, 15) is 0 Å². The quantitative estimate of drug-likeness (QED) is 0.652. The molecule has 0 saturated carbocycles. The van der Waals surface area contributed by atoms with Crippen LogP contribution in [0.1, 0.15) is 53.4 Å². The van der Waals surface area contributed by atoms with Crippen LogP contribution in [0.25, 0.3) is 0 Å². The van der Waals surface area contributed by atoms with Gasteiger partial charge in [0.1, 0.15) is 0 Å². The molecule has 0 rings (SSSR count). The minimum Gasteiger partial charge on any atom is -0.319 e. The predicted octanol–water partition coefficient (Wildman–Crippen LogP) is 3.04. The summed E-state index contributed by atoms with van der Waals surface area (Å²) in [6.45, 7) is 12.1. The molecule has 0 aliphatic rings. The lowest BCUT2D eigenvalue weighted by Gasteiger charge is -2.12. The van der Waals surface area contributed by atoms with Gasteiger partial charge in [0.2, 0.25) is 0 Å². The summed E-state index contributed by atoms with van der Waals surface area (Å²) in [5, 5.41) is 6.34. The molecule has 0 fully saturated rings. The number of rotatable bonds is 8. The molecule has 2 heteroatoms. The monoisotopic (exact) mass is 216 g/mol. The molecule has 15 heavy (non-hydrogen) atoms. The van der Waals surface area contributed by atoms with Crippen molar-refractivity contribution in [3.8, 4) is 0 Å². The van der Waals surface area contributed by atoms with Crippen molar-refractivity contribution in [2.24, 2.45) is 5.92 Å². The standard InChI is InChI=1S/C9H21N.C4H11N/c1-4-6-7-9(5-2)8-10-3;1-3-5-4-2/h9-10H,4-8H2,1-3H3;5H,3-4H2,1-2H3. The third-order valence-electron chi connectivity index (χ3n) is 2.54. The fourth-order valence-corrected chi connectivity index (χ4v) is 1.48. The lowest BCUT2D eigenvalue weighted by Crippen LogP contribution is -2.17. The SMILES string of the molecule is CCCCC(CC)CNC.CCNCC. The van der Waals surface area contributed by atoms with Gasteiger partial charge in [0.05, 0.1) is 0 Å². The second-order valence-electron chi connectivity index (χ2n) is 3.93. The van der Waals surface area contributed by atoms with E-state index in [4.69, 9.17) is 0 Å². The Bertz CT molecular complexity index is 92.5. The van der Waals surface area contributed by atoms with Crippen molar-refractivity contribution in [2.45, 2.75) is 53.4 Å². The Labute approximate surface area is 97.2 Å². The highest BCUT2D eigenvalue weighted by molar-refractivity contribution is 4.58. The summed E-state index contributed by atoms with van der Waals surface area (Å²) in [7, 11) is 2.04. The number of nitrogens with one attached hydrogen (secondary N) is 2. The van der Waals surface area contributed by atoms with Crippen LogP contribution >= 0.6 is 0 Å². The zero-order valence-corrected chi connectivity index (χ0v) is 11.5. The van der Waals surface area contributed by atoms with Crippen LogP contribution in [0.15, 0.2) is 0 Å². The van der Waals surface area contributed by atoms with Gasteiger partial charge >= 0.3 is 0 Å². The minimum absolute atomic E-state index is 0.907. The van der Waals surface area contributed by atoms with Crippen LogP contribution < -0.4 is 10.6 Å². The van der Waals surface area contributed by atoms with E-state index in [-0.39, 0.29) is 0 Å². The first-order chi connectivity index (χ1) is 7.26. The Morgan fingerprint density at radius 1 is 1.00 bits per heavy atom. The van der Waals surface area contributed by atoms with Gasteiger partial charge in [-0.25, -0.2) is 0 Å². The number of hydrogen-bond acceptors (Lipinski definition) is 2. The summed E-state index contributed by atoms with van der Waals surface area (Å²) in [6.07, 6.45) is 5.44. The maximum atomic E-state index is 3.23. The van der Waals surface area contributed by atoms with Crippen molar-refractivity contribution in [2.75, 3.05) is 26.7 Å². The first-order valence-corrected chi connectivity index (χ1v) is 6.61. The molecule has 1 atom stereocenters. The molecule has 94 valence electrons. The topological polar surface area (TPSA) is 24.1 Å². The van der Waals surface area contributed by atoms with Crippen molar-refractivity contribution in [3.05, 3.63) is 0 Å². The molecule has 0 aromatic rings. The first kappa shape index (κ1) is 17.3. The van der Waals surface area contributed by atoms with Crippen LogP contribution in [0.3, 0.4) is 0 Å². The van der Waals surface area contributed by atoms with E-state index in [2.05, 4.69) is 38.3 Å². The molecule has 0 aliphatic heterocycles. The van der Waals surface area contributed by atoms with E-state index in [1.165, 1.54) is 32.2 Å². The fourth-order valence-electron chi connectivity index (χ4n) is 1.48. The Morgan fingerprint density at radius 3 is 1.87 bits per heavy atom. The highest BCUT2D eigenvalue weighted by Crippen LogP contribution is 2.10. The van der Waals surface area contributed by atoms with Gasteiger partial charge in [-0.1, -0.05) is 47.0 Å². The lowest BCUT2D eigenvalue weighted by atomic mass is 10.00. The summed E-state index contributed by atoms with van der Waals surface area (Å²) in [4.78, 5) is 0. The zero-order valence-electron chi connectivity index (χ0n) is 11.5. The number of hydrogen-bond donors (Lipinski definition) is 2. The molecular formula is C13H32N2. The maximum absolute atomic E-state index is 3.23. The fraction of sp³-hybridized carbons (Fsp3) is 1.00. The Hall–Kier alpha value is -0.0800. The van der Waals surface area contributed by atoms with E-state index in [0.717, 1.165) is 19.0 Å². The van der Waals surface area contributed by atoms with Crippen molar-refractivity contribution in [3.63, 3.8) is 0 Å². The van der Waals surface area contributed by atoms with Gasteiger partial charge in [-0.15, -0.1) is 0 Å². The molecule has 0 heterocycles. The summed E-state index contributed by atoms with van der Waals surface area (Å²) in [5.74, 6) is 0.907. The normalized spacial score (nSPS) is 11.8. The summed E-state index contributed by atoms with van der Waals surface area (Å²) in [5.41, 5.74) is 0. The van der Waals surface area contributed by atoms with Crippen LogP contribution in [0.5, 0.6) is 0 Å². The molecule has 0 spiro atoms. The Morgan fingerprint density at radius 2 is 1.60 bits per heavy atom. The molecule has 0 aromatic carbocycles. The maximum Gasteiger partial charge on any atom is -0.00236 e. The van der Waals surface area contributed by atoms with Crippen LogP contribution in [0.2, 0.25) is 0 Å². The summed E-state index contributed by atoms with van der Waals surface area (Å²) < 4.78 is 0. The highest BCUT2D eigenvalue weighted by Gasteiger charge is 2.02. The number of unbranched alkanes of at least 4 members (excludes halogenated alkanes) is 1. The van der Waals surface area contributed by atoms with Crippen LogP contribution in [-0.2, 0) is 0 Å². The van der Waals surface area contributed by atoms with Crippen molar-refractivity contribution < 1.29 is 0 Å². The Kier molecular flexibility index (Phi) is 18.9. The smallest absolute Gasteiger partial charge is 0.00236 e. The van der Waals surface area contributed by atoms with Gasteiger partial charge < -0.3 is 10.6 Å². The average Bonchev–Trinajstić information content (AvgIpc) is 2.26. The van der Waals surface area contributed by atoms with Gasteiger partial charge in [0.25, 0.3) is 0 Å². The van der Waals surface area contributed by atoms with Gasteiger partial charge in [-0.2, -0.15) is 0 Å². The van der Waals surface area contributed by atoms with Crippen molar-refractivity contribution in [1.29, 1.82) is 0 Å². The molecule has 0 saturated heterocycles. The summed E-state index contributed by atoms with van der Waals surface area (Å²) >= 11 is 0. The Balaban J connectivity index is 0. The van der Waals surface area contributed by atoms with Crippen LogP contribution in [0, 0.1) is 5.92 Å². The second-order valence-corrected chi connectivity index (χ2v) is 3.93. The summed E-state index contributed by atoms with van der Waals surface area (Å²) in [6, 6.07) is 0. The van der Waals surface area contributed by atoms with Gasteiger partial charge in [0.15, 0.2) is 0 Å². The van der Waals surface area contributed by atoms with Crippen LogP contribution in [0.4, 0.5) is 0 Å². The molecule has 0 aromatic heterocycles. The van der Waals surface area contributed by atoms with E-state index in [0.29, 0.717) is 0 Å². The molecule has 2 nitrogen and oxygen atoms in total. The van der Waals surface area contributed by atoms with Gasteiger partial charge in [0, 0.05) is 0 Å². The molecule has 2 N–H and O–H groups in total. The average molecular weight is 216 g/mol. The predicted molar refractivity (Wildman–Crippen MR) is 71.5 cm³/mol. The lowest BCUT2D eigenvalue weighted by molar-refractivity contribution is 0.434. The minimum atomic E-state index is 0.907. The highest BCUT2D eigenvalue weighted by atomic mass is 14.8. The largest absolute Gasteiger partial charge is 0.319 e. The van der Waals surface area contributed by atoms with E-state index in [1.807, 2.05) is 7.05 Å². The van der Waals surface area contributed by atoms with Crippen molar-refractivity contribution in [1.82, 2.24) is 10.6 Å². The molecule has 0 bridgehead atoms. The third kappa shape index (κ3) is 16.6. The van der Waals surface area contributed by atoms with Crippen molar-refractivity contribution >= 4 is 0 Å². The van der Waals surface area contributed by atoms with E-state index < -0.39 is 0 Å². The first-order valence-electron chi connectivity index (χ1n) is 6.61. The zero-order chi connectivity index (χ0) is 11.9. The third-order valence-corrected chi connectivity index (χ3v) is 2.54. The molecular weight excluding hydrogens is 184 g/mol. The van der Waals surface area contributed by atoms with E-state index in [1.54, 1.807) is 0 Å². The molecule has 1 unspecified atom stereocenters. The second kappa shape index (κ2) is 16.4. The van der Waals surface area contributed by atoms with E-state index >= 15 is 0 Å². The van der Waals surface area contributed by atoms with Crippen LogP contribution in [-0.4, -0.2) is 26.7 Å². The molecule has 0 radical (unpaired) electrons.